The SMILES string of the molecule is O=C(NCc1ccccc1)OC1CCC(COC(=O)N2CCOCC2)CC1. The minimum atomic E-state index is -0.374. The minimum Gasteiger partial charge on any atom is -0.449 e. The molecule has 3 rings (SSSR count). The Hall–Kier alpha value is -2.28. The van der Waals surface area contributed by atoms with Gasteiger partial charge in [-0.15, -0.1) is 0 Å². The summed E-state index contributed by atoms with van der Waals surface area (Å²) in [5.41, 5.74) is 1.04. The molecule has 1 aliphatic carbocycles. The number of nitrogens with one attached hydrogen (secondary N) is 1. The first-order chi connectivity index (χ1) is 13.2. The Balaban J connectivity index is 1.29. The molecule has 0 radical (unpaired) electrons. The van der Waals surface area contributed by atoms with E-state index in [2.05, 4.69) is 5.32 Å². The van der Waals surface area contributed by atoms with Crippen molar-refractivity contribution in [2.75, 3.05) is 32.9 Å². The molecule has 0 bridgehead atoms. The van der Waals surface area contributed by atoms with Gasteiger partial charge in [-0.25, -0.2) is 9.59 Å². The molecule has 2 amide bonds. The van der Waals surface area contributed by atoms with Crippen molar-refractivity contribution < 1.29 is 23.8 Å². The average Bonchev–Trinajstić information content (AvgIpc) is 2.73. The third kappa shape index (κ3) is 6.43. The molecule has 7 heteroatoms. The fourth-order valence-corrected chi connectivity index (χ4v) is 3.41. The molecule has 148 valence electrons. The second-order valence-electron chi connectivity index (χ2n) is 7.06. The van der Waals surface area contributed by atoms with E-state index in [4.69, 9.17) is 14.2 Å². The van der Waals surface area contributed by atoms with Crippen LogP contribution in [0.3, 0.4) is 0 Å². The third-order valence-electron chi connectivity index (χ3n) is 5.06. The molecule has 1 aliphatic heterocycles. The van der Waals surface area contributed by atoms with Gasteiger partial charge in [-0.05, 0) is 37.2 Å². The summed E-state index contributed by atoms with van der Waals surface area (Å²) in [7, 11) is 0. The van der Waals surface area contributed by atoms with Crippen molar-refractivity contribution in [1.29, 1.82) is 0 Å². The van der Waals surface area contributed by atoms with Gasteiger partial charge in [-0.3, -0.25) is 0 Å². The van der Waals surface area contributed by atoms with E-state index in [1.807, 2.05) is 30.3 Å². The van der Waals surface area contributed by atoms with Crippen LogP contribution in [0.25, 0.3) is 0 Å². The number of alkyl carbamates (subject to hydrolysis) is 1. The zero-order chi connectivity index (χ0) is 18.9. The van der Waals surface area contributed by atoms with Crippen LogP contribution >= 0.6 is 0 Å². The maximum absolute atomic E-state index is 12.0. The van der Waals surface area contributed by atoms with Gasteiger partial charge >= 0.3 is 12.2 Å². The molecule has 0 spiro atoms. The number of ether oxygens (including phenoxy) is 3. The summed E-state index contributed by atoms with van der Waals surface area (Å²) in [6.07, 6.45) is 2.71. The Morgan fingerprint density at radius 1 is 1.07 bits per heavy atom. The maximum Gasteiger partial charge on any atom is 0.409 e. The van der Waals surface area contributed by atoms with Gasteiger partial charge in [-0.1, -0.05) is 30.3 Å². The highest BCUT2D eigenvalue weighted by Crippen LogP contribution is 2.26. The molecule has 0 aromatic heterocycles. The van der Waals surface area contributed by atoms with Crippen LogP contribution in [0, 0.1) is 5.92 Å². The Kier molecular flexibility index (Phi) is 7.33. The molecule has 1 N–H and O–H groups in total. The van der Waals surface area contributed by atoms with Crippen LogP contribution in [-0.4, -0.2) is 56.1 Å². The second kappa shape index (κ2) is 10.2. The number of hydrogen-bond acceptors (Lipinski definition) is 5. The van der Waals surface area contributed by atoms with Crippen LogP contribution in [0.5, 0.6) is 0 Å². The number of morpholine rings is 1. The lowest BCUT2D eigenvalue weighted by molar-refractivity contribution is 0.0151. The van der Waals surface area contributed by atoms with Crippen LogP contribution in [0.2, 0.25) is 0 Å². The molecule has 1 aromatic carbocycles. The Morgan fingerprint density at radius 3 is 2.48 bits per heavy atom. The van der Waals surface area contributed by atoms with Gasteiger partial charge < -0.3 is 24.4 Å². The van der Waals surface area contributed by atoms with Gasteiger partial charge in [0.1, 0.15) is 6.10 Å². The van der Waals surface area contributed by atoms with Crippen molar-refractivity contribution in [3.63, 3.8) is 0 Å². The topological polar surface area (TPSA) is 77.1 Å². The summed E-state index contributed by atoms with van der Waals surface area (Å²) < 4.78 is 16.2. The highest BCUT2D eigenvalue weighted by Gasteiger charge is 2.26. The van der Waals surface area contributed by atoms with E-state index >= 15 is 0 Å². The zero-order valence-corrected chi connectivity index (χ0v) is 15.6. The van der Waals surface area contributed by atoms with Crippen molar-refractivity contribution in [2.24, 2.45) is 5.92 Å². The molecule has 1 saturated heterocycles. The standard InChI is InChI=1S/C20H28N2O5/c23-19(21-14-16-4-2-1-3-5-16)27-18-8-6-17(7-9-18)15-26-20(24)22-10-12-25-13-11-22/h1-5,17-18H,6-15H2,(H,21,23). The first-order valence-electron chi connectivity index (χ1n) is 9.68. The van der Waals surface area contributed by atoms with Crippen LogP contribution in [-0.2, 0) is 20.8 Å². The van der Waals surface area contributed by atoms with Gasteiger partial charge in [0.05, 0.1) is 19.8 Å². The lowest BCUT2D eigenvalue weighted by atomic mass is 9.88. The predicted octanol–water partition coefficient (Wildman–Crippen LogP) is 2.94. The van der Waals surface area contributed by atoms with E-state index in [1.165, 1.54) is 0 Å². The number of amides is 2. The fraction of sp³-hybridized carbons (Fsp3) is 0.600. The van der Waals surface area contributed by atoms with Crippen molar-refractivity contribution in [2.45, 2.75) is 38.3 Å². The zero-order valence-electron chi connectivity index (χ0n) is 15.6. The normalized spacial score (nSPS) is 22.7. The molecule has 7 nitrogen and oxygen atoms in total. The number of benzene rings is 1. The summed E-state index contributed by atoms with van der Waals surface area (Å²) in [4.78, 5) is 25.6. The summed E-state index contributed by atoms with van der Waals surface area (Å²) in [6, 6.07) is 9.75. The molecular weight excluding hydrogens is 348 g/mol. The molecule has 0 unspecified atom stereocenters. The van der Waals surface area contributed by atoms with Crippen molar-refractivity contribution >= 4 is 12.2 Å². The number of hydrogen-bond donors (Lipinski definition) is 1. The Labute approximate surface area is 160 Å². The van der Waals surface area contributed by atoms with Gasteiger partial charge in [0.15, 0.2) is 0 Å². The summed E-state index contributed by atoms with van der Waals surface area (Å²) >= 11 is 0. The number of carbonyl (C=O) groups is 2. The van der Waals surface area contributed by atoms with E-state index in [9.17, 15) is 9.59 Å². The van der Waals surface area contributed by atoms with Gasteiger partial charge in [-0.2, -0.15) is 0 Å². The molecule has 1 heterocycles. The smallest absolute Gasteiger partial charge is 0.409 e. The average molecular weight is 376 g/mol. The summed E-state index contributed by atoms with van der Waals surface area (Å²) in [6.45, 7) is 3.23. The Bertz CT molecular complexity index is 596. The van der Waals surface area contributed by atoms with Crippen molar-refractivity contribution in [3.8, 4) is 0 Å². The largest absolute Gasteiger partial charge is 0.449 e. The first kappa shape index (κ1) is 19.5. The van der Waals surface area contributed by atoms with Crippen LogP contribution in [0.1, 0.15) is 31.2 Å². The summed E-state index contributed by atoms with van der Waals surface area (Å²) in [5, 5.41) is 2.79. The quantitative estimate of drug-likeness (QED) is 0.855. The highest BCUT2D eigenvalue weighted by atomic mass is 16.6. The lowest BCUT2D eigenvalue weighted by Crippen LogP contribution is -2.41. The molecule has 0 atom stereocenters. The van der Waals surface area contributed by atoms with E-state index in [0.29, 0.717) is 45.4 Å². The number of nitrogens with zero attached hydrogens (tertiary/aromatic N) is 1. The van der Waals surface area contributed by atoms with E-state index in [-0.39, 0.29) is 18.3 Å². The third-order valence-corrected chi connectivity index (χ3v) is 5.06. The van der Waals surface area contributed by atoms with Gasteiger partial charge in [0.25, 0.3) is 0 Å². The number of carbonyl (C=O) groups excluding carboxylic acids is 2. The lowest BCUT2D eigenvalue weighted by Gasteiger charge is -2.30. The predicted molar refractivity (Wildman–Crippen MR) is 99.2 cm³/mol. The van der Waals surface area contributed by atoms with Crippen molar-refractivity contribution in [3.05, 3.63) is 35.9 Å². The van der Waals surface area contributed by atoms with Gasteiger partial charge in [0, 0.05) is 19.6 Å². The molecule has 2 aliphatic rings. The second-order valence-corrected chi connectivity index (χ2v) is 7.06. The van der Waals surface area contributed by atoms with Crippen LogP contribution in [0.4, 0.5) is 9.59 Å². The number of rotatable bonds is 5. The van der Waals surface area contributed by atoms with Crippen molar-refractivity contribution in [1.82, 2.24) is 10.2 Å². The molecule has 2 fully saturated rings. The van der Waals surface area contributed by atoms with E-state index < -0.39 is 0 Å². The fourth-order valence-electron chi connectivity index (χ4n) is 3.41. The molecule has 27 heavy (non-hydrogen) atoms. The highest BCUT2D eigenvalue weighted by molar-refractivity contribution is 5.68. The van der Waals surface area contributed by atoms with Gasteiger partial charge in [0.2, 0.25) is 0 Å². The minimum absolute atomic E-state index is 0.0630. The van der Waals surface area contributed by atoms with Crippen LogP contribution < -0.4 is 5.32 Å². The monoisotopic (exact) mass is 376 g/mol. The summed E-state index contributed by atoms with van der Waals surface area (Å²) in [5.74, 6) is 0.335. The van der Waals surface area contributed by atoms with Crippen LogP contribution in [0.15, 0.2) is 30.3 Å². The Morgan fingerprint density at radius 2 is 1.78 bits per heavy atom. The first-order valence-corrected chi connectivity index (χ1v) is 9.68. The molecule has 1 saturated carbocycles. The van der Waals surface area contributed by atoms with E-state index in [0.717, 1.165) is 31.2 Å². The maximum atomic E-state index is 12.0. The van der Waals surface area contributed by atoms with E-state index in [1.54, 1.807) is 4.90 Å². The molecule has 1 aromatic rings. The molecular formula is C20H28N2O5.